The van der Waals surface area contributed by atoms with Crippen molar-refractivity contribution in [1.82, 2.24) is 0 Å². The molecule has 0 aliphatic carbocycles. The summed E-state index contributed by atoms with van der Waals surface area (Å²) in [6, 6.07) is 12.4. The second-order valence-electron chi connectivity index (χ2n) is 7.77. The van der Waals surface area contributed by atoms with Gasteiger partial charge in [-0.05, 0) is 42.7 Å². The summed E-state index contributed by atoms with van der Waals surface area (Å²) in [4.78, 5) is 0. The minimum atomic E-state index is 0.805. The summed E-state index contributed by atoms with van der Waals surface area (Å²) < 4.78 is 16.8. The van der Waals surface area contributed by atoms with Crippen LogP contribution in [-0.2, 0) is 6.42 Å². The van der Waals surface area contributed by atoms with Crippen LogP contribution >= 0.6 is 0 Å². The molecule has 0 aliphatic rings. The molecule has 3 heteroatoms. The zero-order chi connectivity index (χ0) is 20.9. The highest BCUT2D eigenvalue weighted by Crippen LogP contribution is 2.30. The van der Waals surface area contributed by atoms with Crippen molar-refractivity contribution < 1.29 is 14.2 Å². The molecule has 0 spiro atoms. The van der Waals surface area contributed by atoms with Crippen molar-refractivity contribution in [2.75, 3.05) is 20.8 Å². The predicted molar refractivity (Wildman–Crippen MR) is 122 cm³/mol. The van der Waals surface area contributed by atoms with Crippen molar-refractivity contribution in [3.63, 3.8) is 0 Å². The molecule has 3 nitrogen and oxygen atoms in total. The number of methoxy groups -OCH3 is 2. The van der Waals surface area contributed by atoms with Crippen molar-refractivity contribution in [2.24, 2.45) is 0 Å². The molecule has 0 bridgehead atoms. The molecule has 0 unspecified atom stereocenters. The first-order valence-corrected chi connectivity index (χ1v) is 11.1. The molecule has 0 amide bonds. The van der Waals surface area contributed by atoms with Gasteiger partial charge in [-0.3, -0.25) is 0 Å². The second-order valence-corrected chi connectivity index (χ2v) is 7.77. The molecule has 160 valence electrons. The molecule has 2 aromatic carbocycles. The van der Waals surface area contributed by atoms with E-state index in [1.165, 1.54) is 61.6 Å². The minimum absolute atomic E-state index is 0.805. The standard InChI is InChI=1S/C26H38O3/c1-5-6-7-8-9-10-11-12-17-29-23-15-13-22(14-16-23)19-25-21(2)18-24(27-3)20-26(25)28-4/h13-16,18,20H,5-12,17,19H2,1-4H3. The van der Waals surface area contributed by atoms with Gasteiger partial charge in [-0.25, -0.2) is 0 Å². The number of hydrogen-bond acceptors (Lipinski definition) is 3. The Bertz CT molecular complexity index is 707. The molecule has 0 N–H and O–H groups in total. The molecule has 2 rings (SSSR count). The molecule has 0 heterocycles. The van der Waals surface area contributed by atoms with Gasteiger partial charge in [0, 0.05) is 18.1 Å². The Kier molecular flexibility index (Phi) is 10.5. The van der Waals surface area contributed by atoms with Crippen LogP contribution in [0.4, 0.5) is 0 Å². The van der Waals surface area contributed by atoms with Crippen molar-refractivity contribution in [1.29, 1.82) is 0 Å². The minimum Gasteiger partial charge on any atom is -0.497 e. The van der Waals surface area contributed by atoms with Crippen molar-refractivity contribution in [3.05, 3.63) is 53.1 Å². The lowest BCUT2D eigenvalue weighted by Crippen LogP contribution is -2.00. The number of aryl methyl sites for hydroxylation is 1. The number of ether oxygens (including phenoxy) is 3. The van der Waals surface area contributed by atoms with Crippen LogP contribution in [0.1, 0.15) is 75.0 Å². The summed E-state index contributed by atoms with van der Waals surface area (Å²) in [6.07, 6.45) is 11.4. The van der Waals surface area contributed by atoms with E-state index < -0.39 is 0 Å². The van der Waals surface area contributed by atoms with Crippen LogP contribution in [0.5, 0.6) is 17.2 Å². The van der Waals surface area contributed by atoms with Crippen LogP contribution in [0.2, 0.25) is 0 Å². The summed E-state index contributed by atoms with van der Waals surface area (Å²) in [5.41, 5.74) is 3.62. The Morgan fingerprint density at radius 2 is 1.38 bits per heavy atom. The molecule has 2 aromatic rings. The molecule has 0 atom stereocenters. The van der Waals surface area contributed by atoms with E-state index in [-0.39, 0.29) is 0 Å². The van der Waals surface area contributed by atoms with E-state index in [0.717, 1.165) is 36.7 Å². The van der Waals surface area contributed by atoms with Crippen LogP contribution in [-0.4, -0.2) is 20.8 Å². The highest BCUT2D eigenvalue weighted by atomic mass is 16.5. The maximum absolute atomic E-state index is 5.91. The normalized spacial score (nSPS) is 10.8. The van der Waals surface area contributed by atoms with Crippen LogP contribution in [0, 0.1) is 6.92 Å². The Labute approximate surface area is 177 Å². The number of hydrogen-bond donors (Lipinski definition) is 0. The first-order chi connectivity index (χ1) is 14.2. The lowest BCUT2D eigenvalue weighted by atomic mass is 9.99. The van der Waals surface area contributed by atoms with E-state index in [1.54, 1.807) is 14.2 Å². The quantitative estimate of drug-likeness (QED) is 0.317. The zero-order valence-corrected chi connectivity index (χ0v) is 18.8. The van der Waals surface area contributed by atoms with Crippen molar-refractivity contribution in [2.45, 2.75) is 71.6 Å². The van der Waals surface area contributed by atoms with Gasteiger partial charge in [-0.1, -0.05) is 64.0 Å². The van der Waals surface area contributed by atoms with Gasteiger partial charge in [-0.2, -0.15) is 0 Å². The van der Waals surface area contributed by atoms with E-state index in [0.29, 0.717) is 0 Å². The second kappa shape index (κ2) is 13.1. The molecular formula is C26H38O3. The largest absolute Gasteiger partial charge is 0.497 e. The van der Waals surface area contributed by atoms with Gasteiger partial charge in [0.15, 0.2) is 0 Å². The molecule has 29 heavy (non-hydrogen) atoms. The van der Waals surface area contributed by atoms with Gasteiger partial charge in [-0.15, -0.1) is 0 Å². The van der Waals surface area contributed by atoms with Crippen molar-refractivity contribution in [3.8, 4) is 17.2 Å². The van der Waals surface area contributed by atoms with Gasteiger partial charge in [0.1, 0.15) is 17.2 Å². The molecule has 0 aliphatic heterocycles. The first kappa shape index (κ1) is 23.1. The van der Waals surface area contributed by atoms with Crippen LogP contribution in [0.25, 0.3) is 0 Å². The number of unbranched alkanes of at least 4 members (excludes halogenated alkanes) is 7. The van der Waals surface area contributed by atoms with Crippen molar-refractivity contribution >= 4 is 0 Å². The van der Waals surface area contributed by atoms with Crippen LogP contribution in [0.3, 0.4) is 0 Å². The number of rotatable bonds is 14. The monoisotopic (exact) mass is 398 g/mol. The topological polar surface area (TPSA) is 27.7 Å². The Morgan fingerprint density at radius 1 is 0.724 bits per heavy atom. The molecule has 0 saturated heterocycles. The number of benzene rings is 2. The molecule has 0 aromatic heterocycles. The summed E-state index contributed by atoms with van der Waals surface area (Å²) in [6.45, 7) is 5.17. The Hall–Kier alpha value is -2.16. The lowest BCUT2D eigenvalue weighted by molar-refractivity contribution is 0.304. The average Bonchev–Trinajstić information content (AvgIpc) is 2.74. The van der Waals surface area contributed by atoms with E-state index in [2.05, 4.69) is 44.2 Å². The average molecular weight is 399 g/mol. The summed E-state index contributed by atoms with van der Waals surface area (Å²) >= 11 is 0. The van der Waals surface area contributed by atoms with Crippen LogP contribution < -0.4 is 14.2 Å². The summed E-state index contributed by atoms with van der Waals surface area (Å²) in [7, 11) is 3.39. The highest BCUT2D eigenvalue weighted by Gasteiger charge is 2.10. The third-order valence-electron chi connectivity index (χ3n) is 5.43. The fourth-order valence-electron chi connectivity index (χ4n) is 3.61. The summed E-state index contributed by atoms with van der Waals surface area (Å²) in [5.74, 6) is 2.65. The van der Waals surface area contributed by atoms with Gasteiger partial charge in [0.2, 0.25) is 0 Å². The molecule has 0 fully saturated rings. The maximum Gasteiger partial charge on any atom is 0.126 e. The zero-order valence-electron chi connectivity index (χ0n) is 18.8. The van der Waals surface area contributed by atoms with Gasteiger partial charge in [0.25, 0.3) is 0 Å². The fourth-order valence-corrected chi connectivity index (χ4v) is 3.61. The summed E-state index contributed by atoms with van der Waals surface area (Å²) in [5, 5.41) is 0. The van der Waals surface area contributed by atoms with Crippen LogP contribution in [0.15, 0.2) is 36.4 Å². The highest BCUT2D eigenvalue weighted by molar-refractivity contribution is 5.48. The lowest BCUT2D eigenvalue weighted by Gasteiger charge is -2.14. The molecule has 0 saturated carbocycles. The van der Waals surface area contributed by atoms with E-state index >= 15 is 0 Å². The molecular weight excluding hydrogens is 360 g/mol. The van der Waals surface area contributed by atoms with Gasteiger partial charge in [0.05, 0.1) is 20.8 Å². The smallest absolute Gasteiger partial charge is 0.126 e. The Morgan fingerprint density at radius 3 is 2.00 bits per heavy atom. The van der Waals surface area contributed by atoms with Gasteiger partial charge >= 0.3 is 0 Å². The third kappa shape index (κ3) is 8.00. The molecule has 0 radical (unpaired) electrons. The Balaban J connectivity index is 1.76. The predicted octanol–water partition coefficient (Wildman–Crippen LogP) is 7.12. The van der Waals surface area contributed by atoms with E-state index in [9.17, 15) is 0 Å². The first-order valence-electron chi connectivity index (χ1n) is 11.1. The van der Waals surface area contributed by atoms with E-state index in [4.69, 9.17) is 14.2 Å². The fraction of sp³-hybridized carbons (Fsp3) is 0.538. The third-order valence-corrected chi connectivity index (χ3v) is 5.43. The maximum atomic E-state index is 5.91. The van der Waals surface area contributed by atoms with Gasteiger partial charge < -0.3 is 14.2 Å². The SMILES string of the molecule is CCCCCCCCCCOc1ccc(Cc2c(C)cc(OC)cc2OC)cc1. The van der Waals surface area contributed by atoms with E-state index in [1.807, 2.05) is 6.07 Å².